The molecule has 0 bridgehead atoms. The first-order chi connectivity index (χ1) is 7.63. The second kappa shape index (κ2) is 5.16. The maximum absolute atomic E-state index is 5.66. The first-order valence-electron chi connectivity index (χ1n) is 4.60. The summed E-state index contributed by atoms with van der Waals surface area (Å²) in [4.78, 5) is 8.50. The van der Waals surface area contributed by atoms with Crippen molar-refractivity contribution in [2.75, 3.05) is 5.73 Å². The van der Waals surface area contributed by atoms with Crippen LogP contribution >= 0.6 is 39.0 Å². The fourth-order valence-electron chi connectivity index (χ4n) is 1.20. The summed E-state index contributed by atoms with van der Waals surface area (Å²) in [6.45, 7) is 1.92. The van der Waals surface area contributed by atoms with Gasteiger partial charge in [0.1, 0.15) is 5.82 Å². The third kappa shape index (κ3) is 3.20. The molecule has 0 atom stereocenters. The zero-order chi connectivity index (χ0) is 11.5. The van der Waals surface area contributed by atoms with Crippen molar-refractivity contribution < 1.29 is 0 Å². The monoisotopic (exact) mass is 315 g/mol. The Kier molecular flexibility index (Phi) is 3.83. The van der Waals surface area contributed by atoms with Gasteiger partial charge in [0.2, 0.25) is 0 Å². The molecule has 16 heavy (non-hydrogen) atoms. The molecule has 0 amide bonds. The summed E-state index contributed by atoms with van der Waals surface area (Å²) in [6.07, 6.45) is 0. The largest absolute Gasteiger partial charge is 0.384 e. The third-order valence-corrected chi connectivity index (χ3v) is 4.31. The van der Waals surface area contributed by atoms with Crippen LogP contribution in [-0.2, 0) is 5.75 Å². The predicted octanol–water partition coefficient (Wildman–Crippen LogP) is 3.48. The van der Waals surface area contributed by atoms with Crippen molar-refractivity contribution >= 4 is 44.8 Å². The lowest BCUT2D eigenvalue weighted by Crippen LogP contribution is -1.96. The summed E-state index contributed by atoms with van der Waals surface area (Å²) in [7, 11) is 0. The number of halogens is 1. The van der Waals surface area contributed by atoms with Gasteiger partial charge >= 0.3 is 0 Å². The van der Waals surface area contributed by atoms with Gasteiger partial charge in [0.05, 0.1) is 3.79 Å². The number of thiophene rings is 1. The molecule has 3 nitrogen and oxygen atoms in total. The SMILES string of the molecule is Cc1cc(N)nc(SCc2csc(Br)c2)n1. The molecule has 0 fully saturated rings. The van der Waals surface area contributed by atoms with Crippen LogP contribution in [-0.4, -0.2) is 9.97 Å². The number of rotatable bonds is 3. The van der Waals surface area contributed by atoms with E-state index in [0.29, 0.717) is 5.82 Å². The highest BCUT2D eigenvalue weighted by atomic mass is 79.9. The number of anilines is 1. The number of nitrogens with zero attached hydrogens (tertiary/aromatic N) is 2. The minimum Gasteiger partial charge on any atom is -0.384 e. The van der Waals surface area contributed by atoms with Gasteiger partial charge in [-0.05, 0) is 39.9 Å². The van der Waals surface area contributed by atoms with Gasteiger partial charge in [-0.2, -0.15) is 0 Å². The van der Waals surface area contributed by atoms with E-state index < -0.39 is 0 Å². The lowest BCUT2D eigenvalue weighted by Gasteiger charge is -2.01. The van der Waals surface area contributed by atoms with Crippen molar-refractivity contribution in [1.82, 2.24) is 9.97 Å². The Morgan fingerprint density at radius 2 is 2.25 bits per heavy atom. The fourth-order valence-corrected chi connectivity index (χ4v) is 3.35. The molecule has 0 aliphatic rings. The topological polar surface area (TPSA) is 51.8 Å². The summed E-state index contributed by atoms with van der Waals surface area (Å²) >= 11 is 6.72. The van der Waals surface area contributed by atoms with Crippen LogP contribution in [0.4, 0.5) is 5.82 Å². The van der Waals surface area contributed by atoms with Gasteiger partial charge in [0, 0.05) is 17.5 Å². The van der Waals surface area contributed by atoms with Crippen LogP contribution in [0.2, 0.25) is 0 Å². The van der Waals surface area contributed by atoms with E-state index >= 15 is 0 Å². The molecule has 0 radical (unpaired) electrons. The Labute approximate surface area is 111 Å². The predicted molar refractivity (Wildman–Crippen MR) is 72.8 cm³/mol. The van der Waals surface area contributed by atoms with Crippen molar-refractivity contribution in [2.45, 2.75) is 17.8 Å². The van der Waals surface area contributed by atoms with E-state index in [1.54, 1.807) is 29.2 Å². The minimum atomic E-state index is 0.529. The molecule has 0 aliphatic carbocycles. The Balaban J connectivity index is 2.04. The molecule has 6 heteroatoms. The standard InChI is InChI=1S/C10H10BrN3S2/c1-6-2-9(12)14-10(13-6)16-5-7-3-8(11)15-4-7/h2-4H,5H2,1H3,(H2,12,13,14). The molecular weight excluding hydrogens is 306 g/mol. The van der Waals surface area contributed by atoms with E-state index in [1.807, 2.05) is 6.92 Å². The van der Waals surface area contributed by atoms with Crippen LogP contribution < -0.4 is 5.73 Å². The van der Waals surface area contributed by atoms with E-state index in [9.17, 15) is 0 Å². The van der Waals surface area contributed by atoms with Gasteiger partial charge in [0.15, 0.2) is 5.16 Å². The lowest BCUT2D eigenvalue weighted by atomic mass is 10.4. The number of aromatic nitrogens is 2. The van der Waals surface area contributed by atoms with Gasteiger partial charge in [0.25, 0.3) is 0 Å². The molecule has 2 N–H and O–H groups in total. The van der Waals surface area contributed by atoms with E-state index in [0.717, 1.165) is 20.4 Å². The highest BCUT2D eigenvalue weighted by Gasteiger charge is 2.03. The summed E-state index contributed by atoms with van der Waals surface area (Å²) in [5.41, 5.74) is 7.84. The fraction of sp³-hybridized carbons (Fsp3) is 0.200. The first-order valence-corrected chi connectivity index (χ1v) is 7.26. The Morgan fingerprint density at radius 1 is 1.44 bits per heavy atom. The molecule has 0 unspecified atom stereocenters. The van der Waals surface area contributed by atoms with Crippen molar-refractivity contribution in [1.29, 1.82) is 0 Å². The molecule has 0 aromatic carbocycles. The lowest BCUT2D eigenvalue weighted by molar-refractivity contribution is 0.940. The Morgan fingerprint density at radius 3 is 2.88 bits per heavy atom. The maximum atomic E-state index is 5.66. The molecule has 2 heterocycles. The summed E-state index contributed by atoms with van der Waals surface area (Å²) < 4.78 is 1.15. The molecule has 2 aromatic rings. The average molecular weight is 316 g/mol. The van der Waals surface area contributed by atoms with Crippen LogP contribution in [0.5, 0.6) is 0 Å². The zero-order valence-corrected chi connectivity index (χ0v) is 11.8. The van der Waals surface area contributed by atoms with Crippen LogP contribution in [0.1, 0.15) is 11.3 Å². The molecular formula is C10H10BrN3S2. The summed E-state index contributed by atoms with van der Waals surface area (Å²) in [5, 5.41) is 2.86. The van der Waals surface area contributed by atoms with Crippen molar-refractivity contribution in [3.05, 3.63) is 32.6 Å². The van der Waals surface area contributed by atoms with Crippen LogP contribution in [0.15, 0.2) is 26.5 Å². The molecule has 0 saturated carbocycles. The summed E-state index contributed by atoms with van der Waals surface area (Å²) in [5.74, 6) is 1.40. The number of aryl methyl sites for hydroxylation is 1. The average Bonchev–Trinajstić information content (AvgIpc) is 2.60. The highest BCUT2D eigenvalue weighted by Crippen LogP contribution is 2.26. The number of nitrogens with two attached hydrogens (primary N) is 1. The first kappa shape index (κ1) is 11.9. The van der Waals surface area contributed by atoms with Crippen molar-refractivity contribution in [3.8, 4) is 0 Å². The van der Waals surface area contributed by atoms with Gasteiger partial charge in [-0.3, -0.25) is 0 Å². The summed E-state index contributed by atoms with van der Waals surface area (Å²) in [6, 6.07) is 3.88. The number of nitrogen functional groups attached to an aromatic ring is 1. The number of hydrogen-bond acceptors (Lipinski definition) is 5. The van der Waals surface area contributed by atoms with E-state index in [4.69, 9.17) is 5.73 Å². The second-order valence-corrected chi connectivity index (χ2v) is 6.50. The van der Waals surface area contributed by atoms with Crippen LogP contribution in [0.25, 0.3) is 0 Å². The van der Waals surface area contributed by atoms with Crippen molar-refractivity contribution in [2.24, 2.45) is 0 Å². The third-order valence-electron chi connectivity index (χ3n) is 1.84. The molecule has 0 saturated heterocycles. The molecule has 2 rings (SSSR count). The minimum absolute atomic E-state index is 0.529. The van der Waals surface area contributed by atoms with Crippen molar-refractivity contribution in [3.63, 3.8) is 0 Å². The highest BCUT2D eigenvalue weighted by molar-refractivity contribution is 9.11. The molecule has 0 aliphatic heterocycles. The Hall–Kier alpha value is -0.590. The maximum Gasteiger partial charge on any atom is 0.190 e. The van der Waals surface area contributed by atoms with E-state index in [2.05, 4.69) is 37.3 Å². The molecule has 84 valence electrons. The van der Waals surface area contributed by atoms with E-state index in [1.165, 1.54) is 5.56 Å². The smallest absolute Gasteiger partial charge is 0.190 e. The Bertz CT molecular complexity index is 478. The van der Waals surface area contributed by atoms with Gasteiger partial charge in [-0.25, -0.2) is 9.97 Å². The zero-order valence-electron chi connectivity index (χ0n) is 8.61. The second-order valence-electron chi connectivity index (χ2n) is 3.26. The quantitative estimate of drug-likeness (QED) is 0.696. The van der Waals surface area contributed by atoms with E-state index in [-0.39, 0.29) is 0 Å². The van der Waals surface area contributed by atoms with Gasteiger partial charge in [-0.15, -0.1) is 11.3 Å². The number of hydrogen-bond donors (Lipinski definition) is 1. The normalized spacial score (nSPS) is 10.6. The molecule has 2 aromatic heterocycles. The van der Waals surface area contributed by atoms with Crippen LogP contribution in [0, 0.1) is 6.92 Å². The molecule has 0 spiro atoms. The van der Waals surface area contributed by atoms with Gasteiger partial charge in [-0.1, -0.05) is 11.8 Å². The number of thioether (sulfide) groups is 1. The van der Waals surface area contributed by atoms with Gasteiger partial charge < -0.3 is 5.73 Å². The van der Waals surface area contributed by atoms with Crippen LogP contribution in [0.3, 0.4) is 0 Å².